The maximum absolute atomic E-state index is 12.5. The van der Waals surface area contributed by atoms with Crippen LogP contribution in [0.3, 0.4) is 0 Å². The molecule has 1 atom stereocenters. The molecule has 6 nitrogen and oxygen atoms in total. The van der Waals surface area contributed by atoms with Crippen molar-refractivity contribution in [3.05, 3.63) is 23.8 Å². The highest BCUT2D eigenvalue weighted by Gasteiger charge is 2.47. The molecule has 0 aromatic heterocycles. The number of hydrogen-bond acceptors (Lipinski definition) is 5. The summed E-state index contributed by atoms with van der Waals surface area (Å²) in [6.07, 6.45) is 1.96. The Morgan fingerprint density at radius 1 is 1.23 bits per heavy atom. The minimum atomic E-state index is -0.856. The molecule has 1 aromatic rings. The molecule has 0 bridgehead atoms. The highest BCUT2D eigenvalue weighted by Crippen LogP contribution is 2.42. The van der Waals surface area contributed by atoms with E-state index in [9.17, 15) is 9.59 Å². The second kappa shape index (κ2) is 6.36. The monoisotopic (exact) mass is 307 g/mol. The molecule has 0 aliphatic heterocycles. The highest BCUT2D eigenvalue weighted by molar-refractivity contribution is 5.99. The molecule has 1 amide bonds. The second-order valence-electron chi connectivity index (χ2n) is 5.45. The van der Waals surface area contributed by atoms with Crippen LogP contribution in [0.25, 0.3) is 0 Å². The van der Waals surface area contributed by atoms with Gasteiger partial charge in [-0.05, 0) is 43.9 Å². The molecule has 0 heterocycles. The number of benzene rings is 1. The lowest BCUT2D eigenvalue weighted by molar-refractivity contribution is -0.138. The van der Waals surface area contributed by atoms with Gasteiger partial charge in [-0.25, -0.2) is 4.79 Å². The van der Waals surface area contributed by atoms with Gasteiger partial charge in [0, 0.05) is 12.8 Å². The number of carbonyl (C=O) groups excluding carboxylic acids is 2. The van der Waals surface area contributed by atoms with Crippen LogP contribution in [0.4, 0.5) is 5.69 Å². The van der Waals surface area contributed by atoms with E-state index >= 15 is 0 Å². The molecule has 120 valence electrons. The van der Waals surface area contributed by atoms with Gasteiger partial charge in [0.2, 0.25) is 0 Å². The molecular formula is C16H21NO5. The SMILES string of the molecule is COC(=O)c1cc(NC(=O)C(C)(OC)C2CC2)ccc1OC. The molecule has 0 saturated heterocycles. The molecule has 1 N–H and O–H groups in total. The van der Waals surface area contributed by atoms with E-state index in [0.717, 1.165) is 12.8 Å². The zero-order chi connectivity index (χ0) is 16.3. The van der Waals surface area contributed by atoms with E-state index in [1.54, 1.807) is 19.1 Å². The van der Waals surface area contributed by atoms with Gasteiger partial charge in [-0.2, -0.15) is 0 Å². The maximum Gasteiger partial charge on any atom is 0.341 e. The van der Waals surface area contributed by atoms with Crippen molar-refractivity contribution in [2.45, 2.75) is 25.4 Å². The number of carbonyl (C=O) groups is 2. The van der Waals surface area contributed by atoms with Crippen LogP contribution in [-0.2, 0) is 14.3 Å². The van der Waals surface area contributed by atoms with E-state index in [1.165, 1.54) is 27.4 Å². The number of ether oxygens (including phenoxy) is 3. The number of nitrogens with one attached hydrogen (secondary N) is 1. The van der Waals surface area contributed by atoms with Crippen LogP contribution in [0.1, 0.15) is 30.1 Å². The normalized spacial score (nSPS) is 16.5. The van der Waals surface area contributed by atoms with E-state index in [1.807, 2.05) is 0 Å². The van der Waals surface area contributed by atoms with Crippen molar-refractivity contribution in [2.24, 2.45) is 5.92 Å². The van der Waals surface area contributed by atoms with Gasteiger partial charge in [0.15, 0.2) is 0 Å². The predicted octanol–water partition coefficient (Wildman–Crippen LogP) is 2.24. The Kier molecular flexibility index (Phi) is 4.71. The molecular weight excluding hydrogens is 286 g/mol. The van der Waals surface area contributed by atoms with Gasteiger partial charge in [-0.1, -0.05) is 0 Å². The van der Waals surface area contributed by atoms with Gasteiger partial charge < -0.3 is 19.5 Å². The van der Waals surface area contributed by atoms with Gasteiger partial charge in [0.05, 0.1) is 14.2 Å². The summed E-state index contributed by atoms with van der Waals surface area (Å²) in [5.74, 6) is -0.125. The smallest absolute Gasteiger partial charge is 0.341 e. The van der Waals surface area contributed by atoms with Crippen molar-refractivity contribution in [1.82, 2.24) is 0 Å². The summed E-state index contributed by atoms with van der Waals surface area (Å²) in [5.41, 5.74) is -0.103. The number of hydrogen-bond donors (Lipinski definition) is 1. The fraction of sp³-hybridized carbons (Fsp3) is 0.500. The minimum absolute atomic E-state index is 0.224. The van der Waals surface area contributed by atoms with Gasteiger partial charge in [0.25, 0.3) is 5.91 Å². The third kappa shape index (κ3) is 3.06. The average molecular weight is 307 g/mol. The van der Waals surface area contributed by atoms with E-state index in [2.05, 4.69) is 5.32 Å². The summed E-state index contributed by atoms with van der Waals surface area (Å²) in [6, 6.07) is 4.82. The summed E-state index contributed by atoms with van der Waals surface area (Å²) in [6.45, 7) is 1.78. The fourth-order valence-electron chi connectivity index (χ4n) is 2.39. The lowest BCUT2D eigenvalue weighted by Crippen LogP contribution is -2.44. The lowest BCUT2D eigenvalue weighted by Gasteiger charge is -2.26. The largest absolute Gasteiger partial charge is 0.496 e. The van der Waals surface area contributed by atoms with E-state index in [4.69, 9.17) is 14.2 Å². The van der Waals surface area contributed by atoms with Crippen molar-refractivity contribution in [3.63, 3.8) is 0 Å². The first-order chi connectivity index (χ1) is 10.5. The van der Waals surface area contributed by atoms with Crippen molar-refractivity contribution in [3.8, 4) is 5.75 Å². The van der Waals surface area contributed by atoms with Crippen molar-refractivity contribution >= 4 is 17.6 Å². The van der Waals surface area contributed by atoms with Crippen LogP contribution >= 0.6 is 0 Å². The standard InChI is InChI=1S/C16H21NO5/c1-16(22-4,10-5-6-10)15(19)17-11-7-8-13(20-2)12(9-11)14(18)21-3/h7-10H,5-6H2,1-4H3,(H,17,19). The fourth-order valence-corrected chi connectivity index (χ4v) is 2.39. The lowest BCUT2D eigenvalue weighted by atomic mass is 9.99. The molecule has 1 aliphatic carbocycles. The number of rotatable bonds is 6. The molecule has 2 rings (SSSR count). The first-order valence-corrected chi connectivity index (χ1v) is 7.09. The molecule has 6 heteroatoms. The van der Waals surface area contributed by atoms with Gasteiger partial charge in [0.1, 0.15) is 16.9 Å². The number of esters is 1. The Balaban J connectivity index is 2.22. The summed E-state index contributed by atoms with van der Waals surface area (Å²) in [4.78, 5) is 24.2. The highest BCUT2D eigenvalue weighted by atomic mass is 16.5. The van der Waals surface area contributed by atoms with Crippen LogP contribution in [0.15, 0.2) is 18.2 Å². The summed E-state index contributed by atoms with van der Waals surface area (Å²) < 4.78 is 15.3. The average Bonchev–Trinajstić information content (AvgIpc) is 3.38. The number of methoxy groups -OCH3 is 3. The van der Waals surface area contributed by atoms with Crippen LogP contribution in [0, 0.1) is 5.92 Å². The first kappa shape index (κ1) is 16.3. The van der Waals surface area contributed by atoms with Crippen molar-refractivity contribution in [2.75, 3.05) is 26.6 Å². The Labute approximate surface area is 129 Å². The Bertz CT molecular complexity index is 582. The molecule has 1 aromatic carbocycles. The molecule has 1 unspecified atom stereocenters. The third-order valence-electron chi connectivity index (χ3n) is 4.09. The van der Waals surface area contributed by atoms with Crippen LogP contribution in [-0.4, -0.2) is 38.8 Å². The van der Waals surface area contributed by atoms with Crippen molar-refractivity contribution in [1.29, 1.82) is 0 Å². The van der Waals surface area contributed by atoms with E-state index in [-0.39, 0.29) is 17.4 Å². The van der Waals surface area contributed by atoms with Crippen LogP contribution in [0.5, 0.6) is 5.75 Å². The minimum Gasteiger partial charge on any atom is -0.496 e. The number of amides is 1. The zero-order valence-corrected chi connectivity index (χ0v) is 13.3. The van der Waals surface area contributed by atoms with Gasteiger partial charge in [-0.3, -0.25) is 4.79 Å². The summed E-state index contributed by atoms with van der Waals surface area (Å²) in [5, 5.41) is 2.80. The maximum atomic E-state index is 12.5. The summed E-state index contributed by atoms with van der Waals surface area (Å²) >= 11 is 0. The quantitative estimate of drug-likeness (QED) is 0.816. The Morgan fingerprint density at radius 2 is 1.91 bits per heavy atom. The zero-order valence-electron chi connectivity index (χ0n) is 13.3. The topological polar surface area (TPSA) is 73.9 Å². The predicted molar refractivity (Wildman–Crippen MR) is 81.1 cm³/mol. The molecule has 1 fully saturated rings. The van der Waals surface area contributed by atoms with Gasteiger partial charge >= 0.3 is 5.97 Å². The molecule has 1 saturated carbocycles. The third-order valence-corrected chi connectivity index (χ3v) is 4.09. The number of anilines is 1. The van der Waals surface area contributed by atoms with Crippen LogP contribution in [0.2, 0.25) is 0 Å². The Morgan fingerprint density at radius 3 is 2.41 bits per heavy atom. The van der Waals surface area contributed by atoms with Crippen molar-refractivity contribution < 1.29 is 23.8 Å². The van der Waals surface area contributed by atoms with E-state index < -0.39 is 11.6 Å². The van der Waals surface area contributed by atoms with Gasteiger partial charge in [-0.15, -0.1) is 0 Å². The van der Waals surface area contributed by atoms with Crippen LogP contribution < -0.4 is 10.1 Å². The van der Waals surface area contributed by atoms with E-state index in [0.29, 0.717) is 11.4 Å². The molecule has 0 radical (unpaired) electrons. The Hall–Kier alpha value is -2.08. The summed E-state index contributed by atoms with van der Waals surface area (Å²) in [7, 11) is 4.29. The molecule has 22 heavy (non-hydrogen) atoms. The molecule has 1 aliphatic rings. The first-order valence-electron chi connectivity index (χ1n) is 7.09. The molecule has 0 spiro atoms. The second-order valence-corrected chi connectivity index (χ2v) is 5.45.